The SMILES string of the molecule is Cc1ccc2oc(N(C)C(C)C(=O)O)nc2c1. The zero-order chi connectivity index (χ0) is 12.6. The highest BCUT2D eigenvalue weighted by molar-refractivity contribution is 5.79. The molecule has 5 heteroatoms. The third-order valence-electron chi connectivity index (χ3n) is 2.77. The predicted molar refractivity (Wildman–Crippen MR) is 64.2 cm³/mol. The summed E-state index contributed by atoms with van der Waals surface area (Å²) in [4.78, 5) is 16.6. The fourth-order valence-electron chi connectivity index (χ4n) is 1.51. The summed E-state index contributed by atoms with van der Waals surface area (Å²) in [5.74, 6) is -0.911. The fraction of sp³-hybridized carbons (Fsp3) is 0.333. The minimum absolute atomic E-state index is 0.320. The summed E-state index contributed by atoms with van der Waals surface area (Å²) in [6.45, 7) is 3.56. The van der Waals surface area contributed by atoms with Crippen LogP contribution in [0, 0.1) is 6.92 Å². The lowest BCUT2D eigenvalue weighted by atomic mass is 10.2. The average molecular weight is 234 g/mol. The number of aromatic nitrogens is 1. The van der Waals surface area contributed by atoms with E-state index in [9.17, 15) is 4.79 Å². The maximum atomic E-state index is 10.9. The number of hydrogen-bond acceptors (Lipinski definition) is 4. The van der Waals surface area contributed by atoms with Crippen molar-refractivity contribution in [1.82, 2.24) is 4.98 Å². The van der Waals surface area contributed by atoms with Crippen molar-refractivity contribution in [2.75, 3.05) is 11.9 Å². The molecule has 5 nitrogen and oxygen atoms in total. The Kier molecular flexibility index (Phi) is 2.75. The summed E-state index contributed by atoms with van der Waals surface area (Å²) in [6, 6.07) is 5.31. The third-order valence-corrected chi connectivity index (χ3v) is 2.77. The van der Waals surface area contributed by atoms with Crippen molar-refractivity contribution in [2.24, 2.45) is 0 Å². The van der Waals surface area contributed by atoms with Crippen molar-refractivity contribution < 1.29 is 14.3 Å². The van der Waals surface area contributed by atoms with Crippen LogP contribution in [0.3, 0.4) is 0 Å². The van der Waals surface area contributed by atoms with Gasteiger partial charge in [-0.2, -0.15) is 4.98 Å². The van der Waals surface area contributed by atoms with Gasteiger partial charge in [-0.3, -0.25) is 0 Å². The summed E-state index contributed by atoms with van der Waals surface area (Å²) in [6.07, 6.45) is 0. The maximum Gasteiger partial charge on any atom is 0.326 e. The smallest absolute Gasteiger partial charge is 0.326 e. The third kappa shape index (κ3) is 2.08. The number of likely N-dealkylation sites (N-methyl/N-ethyl adjacent to an activating group) is 1. The molecule has 0 saturated heterocycles. The number of nitrogens with zero attached hydrogens (tertiary/aromatic N) is 2. The van der Waals surface area contributed by atoms with E-state index in [2.05, 4.69) is 4.98 Å². The molecule has 0 amide bonds. The minimum atomic E-state index is -0.911. The number of oxazole rings is 1. The fourth-order valence-corrected chi connectivity index (χ4v) is 1.51. The van der Waals surface area contributed by atoms with E-state index in [1.165, 1.54) is 4.90 Å². The highest BCUT2D eigenvalue weighted by Gasteiger charge is 2.21. The van der Waals surface area contributed by atoms with Crippen LogP contribution < -0.4 is 4.90 Å². The van der Waals surface area contributed by atoms with Gasteiger partial charge in [-0.15, -0.1) is 0 Å². The number of aliphatic carboxylic acids is 1. The largest absolute Gasteiger partial charge is 0.480 e. The maximum absolute atomic E-state index is 10.9. The van der Waals surface area contributed by atoms with E-state index in [1.807, 2.05) is 25.1 Å². The zero-order valence-corrected chi connectivity index (χ0v) is 9.97. The molecule has 1 aromatic carbocycles. The highest BCUT2D eigenvalue weighted by Crippen LogP contribution is 2.23. The van der Waals surface area contributed by atoms with Crippen LogP contribution in [-0.4, -0.2) is 29.1 Å². The van der Waals surface area contributed by atoms with Crippen LogP contribution in [-0.2, 0) is 4.79 Å². The van der Waals surface area contributed by atoms with E-state index < -0.39 is 12.0 Å². The molecule has 2 rings (SSSR count). The molecule has 90 valence electrons. The Morgan fingerprint density at radius 1 is 1.53 bits per heavy atom. The summed E-state index contributed by atoms with van der Waals surface area (Å²) < 4.78 is 5.51. The first-order valence-corrected chi connectivity index (χ1v) is 5.32. The second kappa shape index (κ2) is 4.08. The van der Waals surface area contributed by atoms with Crippen molar-refractivity contribution in [3.63, 3.8) is 0 Å². The van der Waals surface area contributed by atoms with Crippen LogP contribution in [0.4, 0.5) is 6.01 Å². The molecule has 1 aromatic heterocycles. The number of fused-ring (bicyclic) bond motifs is 1. The Morgan fingerprint density at radius 2 is 2.24 bits per heavy atom. The number of hydrogen-bond donors (Lipinski definition) is 1. The van der Waals surface area contributed by atoms with Gasteiger partial charge in [-0.05, 0) is 31.5 Å². The van der Waals surface area contributed by atoms with E-state index in [4.69, 9.17) is 9.52 Å². The second-order valence-corrected chi connectivity index (χ2v) is 4.09. The summed E-state index contributed by atoms with van der Waals surface area (Å²) in [5, 5.41) is 8.92. The molecule has 17 heavy (non-hydrogen) atoms. The Hall–Kier alpha value is -2.04. The quantitative estimate of drug-likeness (QED) is 0.880. The molecule has 0 aliphatic heterocycles. The van der Waals surface area contributed by atoms with Gasteiger partial charge in [0.05, 0.1) is 0 Å². The summed E-state index contributed by atoms with van der Waals surface area (Å²) in [7, 11) is 1.65. The first-order chi connectivity index (χ1) is 7.99. The molecule has 0 aliphatic carbocycles. The topological polar surface area (TPSA) is 66.6 Å². The molecule has 1 atom stereocenters. The molecule has 0 radical (unpaired) electrons. The van der Waals surface area contributed by atoms with Gasteiger partial charge < -0.3 is 14.4 Å². The van der Waals surface area contributed by atoms with Crippen LogP contribution in [0.1, 0.15) is 12.5 Å². The van der Waals surface area contributed by atoms with Gasteiger partial charge in [0.25, 0.3) is 6.01 Å². The number of rotatable bonds is 3. The van der Waals surface area contributed by atoms with Crippen LogP contribution in [0.2, 0.25) is 0 Å². The van der Waals surface area contributed by atoms with Crippen LogP contribution >= 0.6 is 0 Å². The van der Waals surface area contributed by atoms with E-state index in [-0.39, 0.29) is 0 Å². The summed E-state index contributed by atoms with van der Waals surface area (Å²) in [5.41, 5.74) is 2.49. The molecule has 2 aromatic rings. The van der Waals surface area contributed by atoms with Gasteiger partial charge >= 0.3 is 5.97 Å². The molecule has 0 saturated carbocycles. The number of anilines is 1. The first kappa shape index (κ1) is 11.4. The van der Waals surface area contributed by atoms with Crippen molar-refractivity contribution in [3.05, 3.63) is 23.8 Å². The first-order valence-electron chi connectivity index (χ1n) is 5.32. The van der Waals surface area contributed by atoms with Crippen molar-refractivity contribution in [3.8, 4) is 0 Å². The second-order valence-electron chi connectivity index (χ2n) is 4.09. The number of carboxylic acid groups (broad SMARTS) is 1. The minimum Gasteiger partial charge on any atom is -0.480 e. The molecule has 1 unspecified atom stereocenters. The Balaban J connectivity index is 2.39. The Labute approximate surface area is 98.7 Å². The normalized spacial score (nSPS) is 12.6. The Morgan fingerprint density at radius 3 is 2.88 bits per heavy atom. The molecule has 0 fully saturated rings. The number of aryl methyl sites for hydroxylation is 1. The molecule has 1 heterocycles. The van der Waals surface area contributed by atoms with Crippen molar-refractivity contribution in [2.45, 2.75) is 19.9 Å². The lowest BCUT2D eigenvalue weighted by Crippen LogP contribution is -2.35. The lowest BCUT2D eigenvalue weighted by molar-refractivity contribution is -0.138. The van der Waals surface area contributed by atoms with E-state index >= 15 is 0 Å². The number of benzene rings is 1. The van der Waals surface area contributed by atoms with Crippen LogP contribution in [0.5, 0.6) is 0 Å². The van der Waals surface area contributed by atoms with Crippen LogP contribution in [0.15, 0.2) is 22.6 Å². The molecular formula is C12H14N2O3. The van der Waals surface area contributed by atoms with Gasteiger partial charge in [0.2, 0.25) is 0 Å². The van der Waals surface area contributed by atoms with E-state index in [0.717, 1.165) is 11.1 Å². The van der Waals surface area contributed by atoms with Gasteiger partial charge in [0.15, 0.2) is 5.58 Å². The Bertz CT molecular complexity index is 562. The number of carboxylic acids is 1. The lowest BCUT2D eigenvalue weighted by Gasteiger charge is -2.18. The molecule has 0 bridgehead atoms. The monoisotopic (exact) mass is 234 g/mol. The van der Waals surface area contributed by atoms with Gasteiger partial charge in [0, 0.05) is 7.05 Å². The van der Waals surface area contributed by atoms with Gasteiger partial charge in [0.1, 0.15) is 11.6 Å². The van der Waals surface area contributed by atoms with Crippen molar-refractivity contribution >= 4 is 23.1 Å². The standard InChI is InChI=1S/C12H14N2O3/c1-7-4-5-10-9(6-7)13-12(17-10)14(3)8(2)11(15)16/h4-6,8H,1-3H3,(H,15,16). The van der Waals surface area contributed by atoms with Crippen molar-refractivity contribution in [1.29, 1.82) is 0 Å². The molecule has 0 spiro atoms. The zero-order valence-electron chi connectivity index (χ0n) is 9.97. The number of carbonyl (C=O) groups is 1. The summed E-state index contributed by atoms with van der Waals surface area (Å²) >= 11 is 0. The molecule has 0 aliphatic rings. The molecular weight excluding hydrogens is 220 g/mol. The van der Waals surface area contributed by atoms with Gasteiger partial charge in [-0.25, -0.2) is 4.79 Å². The van der Waals surface area contributed by atoms with Gasteiger partial charge in [-0.1, -0.05) is 6.07 Å². The molecule has 1 N–H and O–H groups in total. The highest BCUT2D eigenvalue weighted by atomic mass is 16.4. The van der Waals surface area contributed by atoms with Crippen LogP contribution in [0.25, 0.3) is 11.1 Å². The van der Waals surface area contributed by atoms with E-state index in [1.54, 1.807) is 14.0 Å². The predicted octanol–water partition coefficient (Wildman–Crippen LogP) is 2.05. The average Bonchev–Trinajstić information content (AvgIpc) is 2.69. The van der Waals surface area contributed by atoms with E-state index in [0.29, 0.717) is 11.6 Å².